The number of aromatic nitrogens is 2. The molecular formula is C24H18N4OS. The molecule has 0 bridgehead atoms. The van der Waals surface area contributed by atoms with Gasteiger partial charge in [0.1, 0.15) is 11.9 Å². The molecule has 0 spiro atoms. The maximum Gasteiger partial charge on any atom is 0.256 e. The van der Waals surface area contributed by atoms with E-state index in [-0.39, 0.29) is 5.91 Å². The standard InChI is InChI=1S/C24H18N4OS/c1-28-14-13-26-23(28)17-8-6-9-19(15-17)27-24(29)20-10-3-5-12-22(20)30-21-11-4-2-7-18(21)16-25/h2-15H,1H3,(H,27,29). The minimum Gasteiger partial charge on any atom is -0.334 e. The molecule has 1 amide bonds. The van der Waals surface area contributed by atoms with Crippen LogP contribution in [0, 0.1) is 11.3 Å². The molecule has 0 atom stereocenters. The largest absolute Gasteiger partial charge is 0.334 e. The predicted octanol–water partition coefficient (Wildman–Crippen LogP) is 5.36. The Hall–Kier alpha value is -3.82. The van der Waals surface area contributed by atoms with E-state index >= 15 is 0 Å². The molecule has 4 aromatic rings. The van der Waals surface area contributed by atoms with E-state index in [4.69, 9.17) is 0 Å². The Balaban J connectivity index is 1.60. The van der Waals surface area contributed by atoms with Crippen LogP contribution in [0.2, 0.25) is 0 Å². The summed E-state index contributed by atoms with van der Waals surface area (Å²) in [6.45, 7) is 0. The highest BCUT2D eigenvalue weighted by molar-refractivity contribution is 7.99. The van der Waals surface area contributed by atoms with Gasteiger partial charge in [0.05, 0.1) is 11.1 Å². The summed E-state index contributed by atoms with van der Waals surface area (Å²) >= 11 is 1.41. The second-order valence-electron chi connectivity index (χ2n) is 6.60. The third kappa shape index (κ3) is 4.12. The molecule has 0 unspecified atom stereocenters. The van der Waals surface area contributed by atoms with Crippen molar-refractivity contribution < 1.29 is 4.79 Å². The average Bonchev–Trinajstić information content (AvgIpc) is 3.20. The summed E-state index contributed by atoms with van der Waals surface area (Å²) in [6, 6.07) is 24.6. The van der Waals surface area contributed by atoms with Gasteiger partial charge in [0, 0.05) is 40.5 Å². The van der Waals surface area contributed by atoms with Crippen LogP contribution in [-0.2, 0) is 7.05 Å². The van der Waals surface area contributed by atoms with Gasteiger partial charge in [-0.2, -0.15) is 5.26 Å². The van der Waals surface area contributed by atoms with Crippen LogP contribution in [-0.4, -0.2) is 15.5 Å². The van der Waals surface area contributed by atoms with E-state index in [2.05, 4.69) is 16.4 Å². The smallest absolute Gasteiger partial charge is 0.256 e. The number of nitrogens with one attached hydrogen (secondary N) is 1. The van der Waals surface area contributed by atoms with Crippen molar-refractivity contribution in [2.45, 2.75) is 9.79 Å². The summed E-state index contributed by atoms with van der Waals surface area (Å²) in [7, 11) is 1.93. The van der Waals surface area contributed by atoms with Crippen LogP contribution in [0.1, 0.15) is 15.9 Å². The van der Waals surface area contributed by atoms with E-state index in [1.165, 1.54) is 11.8 Å². The lowest BCUT2D eigenvalue weighted by Crippen LogP contribution is -2.13. The number of hydrogen-bond acceptors (Lipinski definition) is 4. The average molecular weight is 411 g/mol. The van der Waals surface area contributed by atoms with Gasteiger partial charge in [-0.1, -0.05) is 48.2 Å². The molecule has 5 nitrogen and oxygen atoms in total. The van der Waals surface area contributed by atoms with Crippen LogP contribution in [0.25, 0.3) is 11.4 Å². The lowest BCUT2D eigenvalue weighted by Gasteiger charge is -2.11. The zero-order chi connectivity index (χ0) is 20.9. The van der Waals surface area contributed by atoms with E-state index in [0.717, 1.165) is 21.2 Å². The summed E-state index contributed by atoms with van der Waals surface area (Å²) in [5.74, 6) is 0.625. The molecule has 146 valence electrons. The number of aryl methyl sites for hydroxylation is 1. The van der Waals surface area contributed by atoms with Gasteiger partial charge >= 0.3 is 0 Å². The Labute approximate surface area is 179 Å². The predicted molar refractivity (Wildman–Crippen MR) is 118 cm³/mol. The Morgan fingerprint density at radius 2 is 1.80 bits per heavy atom. The number of benzene rings is 3. The van der Waals surface area contributed by atoms with E-state index < -0.39 is 0 Å². The number of hydrogen-bond donors (Lipinski definition) is 1. The minimum absolute atomic E-state index is 0.204. The summed E-state index contributed by atoms with van der Waals surface area (Å²) in [5.41, 5.74) is 2.75. The van der Waals surface area contributed by atoms with Crippen molar-refractivity contribution in [1.29, 1.82) is 5.26 Å². The number of rotatable bonds is 5. The van der Waals surface area contributed by atoms with Crippen LogP contribution in [0.3, 0.4) is 0 Å². The highest BCUT2D eigenvalue weighted by Crippen LogP contribution is 2.33. The van der Waals surface area contributed by atoms with Crippen LogP contribution in [0.4, 0.5) is 5.69 Å². The molecule has 6 heteroatoms. The molecular weight excluding hydrogens is 392 g/mol. The Morgan fingerprint density at radius 1 is 1.03 bits per heavy atom. The lowest BCUT2D eigenvalue weighted by molar-refractivity contribution is 0.102. The van der Waals surface area contributed by atoms with Gasteiger partial charge in [-0.25, -0.2) is 4.98 Å². The molecule has 4 rings (SSSR count). The Bertz CT molecular complexity index is 1260. The number of nitrogens with zero attached hydrogens (tertiary/aromatic N) is 3. The quantitative estimate of drug-likeness (QED) is 0.481. The molecule has 3 aromatic carbocycles. The van der Waals surface area contributed by atoms with Crippen molar-refractivity contribution in [3.05, 3.63) is 96.3 Å². The monoisotopic (exact) mass is 410 g/mol. The van der Waals surface area contributed by atoms with Crippen molar-refractivity contribution in [1.82, 2.24) is 9.55 Å². The fraction of sp³-hybridized carbons (Fsp3) is 0.0417. The molecule has 0 radical (unpaired) electrons. The zero-order valence-electron chi connectivity index (χ0n) is 16.2. The third-order valence-corrected chi connectivity index (χ3v) is 5.71. The topological polar surface area (TPSA) is 70.7 Å². The Kier molecular flexibility index (Phi) is 5.64. The second-order valence-corrected chi connectivity index (χ2v) is 7.69. The second kappa shape index (κ2) is 8.68. The first-order chi connectivity index (χ1) is 14.7. The van der Waals surface area contributed by atoms with Gasteiger partial charge in [0.2, 0.25) is 0 Å². The molecule has 30 heavy (non-hydrogen) atoms. The fourth-order valence-corrected chi connectivity index (χ4v) is 4.11. The van der Waals surface area contributed by atoms with Gasteiger partial charge < -0.3 is 9.88 Å². The first kappa shape index (κ1) is 19.5. The maximum absolute atomic E-state index is 13.0. The summed E-state index contributed by atoms with van der Waals surface area (Å²) < 4.78 is 1.93. The van der Waals surface area contributed by atoms with Crippen molar-refractivity contribution in [2.24, 2.45) is 7.05 Å². The van der Waals surface area contributed by atoms with Crippen molar-refractivity contribution >= 4 is 23.4 Å². The number of carbonyl (C=O) groups is 1. The van der Waals surface area contributed by atoms with Gasteiger partial charge in [-0.05, 0) is 36.4 Å². The fourth-order valence-electron chi connectivity index (χ4n) is 3.09. The molecule has 0 fully saturated rings. The van der Waals surface area contributed by atoms with Gasteiger partial charge in [-0.15, -0.1) is 0 Å². The van der Waals surface area contributed by atoms with E-state index in [1.807, 2.05) is 78.5 Å². The third-order valence-electron chi connectivity index (χ3n) is 4.56. The van der Waals surface area contributed by atoms with Crippen molar-refractivity contribution in [3.8, 4) is 17.5 Å². The van der Waals surface area contributed by atoms with Gasteiger partial charge in [0.25, 0.3) is 5.91 Å². The number of anilines is 1. The van der Waals surface area contributed by atoms with Crippen LogP contribution in [0.15, 0.2) is 95.0 Å². The lowest BCUT2D eigenvalue weighted by atomic mass is 10.1. The molecule has 0 saturated carbocycles. The van der Waals surface area contributed by atoms with Crippen LogP contribution in [0.5, 0.6) is 0 Å². The molecule has 1 aromatic heterocycles. The van der Waals surface area contributed by atoms with E-state index in [9.17, 15) is 10.1 Å². The molecule has 0 saturated heterocycles. The molecule has 0 aliphatic rings. The summed E-state index contributed by atoms with van der Waals surface area (Å²) in [6.07, 6.45) is 3.63. The molecule has 0 aliphatic carbocycles. The number of imidazole rings is 1. The van der Waals surface area contributed by atoms with Gasteiger partial charge in [-0.3, -0.25) is 4.79 Å². The van der Waals surface area contributed by atoms with E-state index in [1.54, 1.807) is 18.3 Å². The molecule has 0 aliphatic heterocycles. The van der Waals surface area contributed by atoms with Gasteiger partial charge in [0.15, 0.2) is 0 Å². The molecule has 1 N–H and O–H groups in total. The highest BCUT2D eigenvalue weighted by atomic mass is 32.2. The minimum atomic E-state index is -0.204. The Morgan fingerprint density at radius 3 is 2.57 bits per heavy atom. The van der Waals surface area contributed by atoms with Crippen LogP contribution >= 0.6 is 11.8 Å². The zero-order valence-corrected chi connectivity index (χ0v) is 17.1. The number of carbonyl (C=O) groups excluding carboxylic acids is 1. The first-order valence-electron chi connectivity index (χ1n) is 9.31. The molecule has 1 heterocycles. The highest BCUT2D eigenvalue weighted by Gasteiger charge is 2.14. The SMILES string of the molecule is Cn1ccnc1-c1cccc(NC(=O)c2ccccc2Sc2ccccc2C#N)c1. The summed E-state index contributed by atoms with van der Waals surface area (Å²) in [4.78, 5) is 19.0. The van der Waals surface area contributed by atoms with Crippen molar-refractivity contribution in [3.63, 3.8) is 0 Å². The van der Waals surface area contributed by atoms with Crippen molar-refractivity contribution in [2.75, 3.05) is 5.32 Å². The summed E-state index contributed by atoms with van der Waals surface area (Å²) in [5, 5.41) is 12.3. The normalized spacial score (nSPS) is 10.4. The number of nitriles is 1. The maximum atomic E-state index is 13.0. The number of amides is 1. The first-order valence-corrected chi connectivity index (χ1v) is 10.1. The van der Waals surface area contributed by atoms with E-state index in [0.29, 0.717) is 16.8 Å². The van der Waals surface area contributed by atoms with Crippen LogP contribution < -0.4 is 5.32 Å².